The standard InChI is InChI=1S/C24H16ClN3OS/c1-15-5-4-6-17(13-15)28-23(22-21(25)18-7-2-3-8-20(18)30-22)27-19(24(28)29)14-16-9-11-26-12-10-16/h2-14H,1H3/b19-14+. The zero-order chi connectivity index (χ0) is 20.7. The van der Waals surface area contributed by atoms with Crippen LogP contribution >= 0.6 is 22.9 Å². The first-order valence-corrected chi connectivity index (χ1v) is 10.6. The Kier molecular flexibility index (Phi) is 4.69. The molecule has 4 nitrogen and oxygen atoms in total. The van der Waals surface area contributed by atoms with E-state index in [0.717, 1.165) is 31.8 Å². The average Bonchev–Trinajstić information content (AvgIpc) is 3.26. The van der Waals surface area contributed by atoms with Crippen molar-refractivity contribution >= 4 is 56.5 Å². The molecule has 0 bridgehead atoms. The van der Waals surface area contributed by atoms with Crippen molar-refractivity contribution in [1.29, 1.82) is 0 Å². The second-order valence-corrected chi connectivity index (χ2v) is 8.40. The molecule has 5 rings (SSSR count). The van der Waals surface area contributed by atoms with Gasteiger partial charge in [-0.25, -0.2) is 4.99 Å². The van der Waals surface area contributed by atoms with E-state index in [1.807, 2.05) is 67.6 Å². The maximum absolute atomic E-state index is 13.4. The van der Waals surface area contributed by atoms with Crippen LogP contribution in [0, 0.1) is 6.92 Å². The molecule has 0 saturated heterocycles. The van der Waals surface area contributed by atoms with Crippen LogP contribution in [-0.2, 0) is 4.79 Å². The summed E-state index contributed by atoms with van der Waals surface area (Å²) in [4.78, 5) is 24.6. The molecule has 1 amide bonds. The van der Waals surface area contributed by atoms with Crippen LogP contribution in [0.25, 0.3) is 16.2 Å². The highest BCUT2D eigenvalue weighted by atomic mass is 35.5. The molecule has 0 unspecified atom stereocenters. The molecule has 146 valence electrons. The lowest BCUT2D eigenvalue weighted by Gasteiger charge is -2.18. The van der Waals surface area contributed by atoms with Crippen molar-refractivity contribution in [2.45, 2.75) is 6.92 Å². The molecule has 0 N–H and O–H groups in total. The van der Waals surface area contributed by atoms with E-state index in [2.05, 4.69) is 4.98 Å². The van der Waals surface area contributed by atoms with Crippen LogP contribution in [0.5, 0.6) is 0 Å². The molecular formula is C24H16ClN3OS. The number of hydrogen-bond donors (Lipinski definition) is 0. The SMILES string of the molecule is Cc1cccc(N2C(=O)/C(=C\c3ccncc3)N=C2c2sc3ccccc3c2Cl)c1. The van der Waals surface area contributed by atoms with Crippen LogP contribution in [0.2, 0.25) is 5.02 Å². The first kappa shape index (κ1) is 18.7. The number of amidine groups is 1. The quantitative estimate of drug-likeness (QED) is 0.370. The van der Waals surface area contributed by atoms with Gasteiger partial charge < -0.3 is 0 Å². The minimum atomic E-state index is -0.180. The van der Waals surface area contributed by atoms with E-state index < -0.39 is 0 Å². The number of nitrogens with zero attached hydrogens (tertiary/aromatic N) is 3. The highest BCUT2D eigenvalue weighted by Crippen LogP contribution is 2.39. The first-order chi connectivity index (χ1) is 14.6. The topological polar surface area (TPSA) is 45.6 Å². The van der Waals surface area contributed by atoms with Crippen molar-refractivity contribution in [3.8, 4) is 0 Å². The van der Waals surface area contributed by atoms with Crippen molar-refractivity contribution in [1.82, 2.24) is 4.98 Å². The number of aliphatic imine (C=N–C) groups is 1. The van der Waals surface area contributed by atoms with Gasteiger partial charge in [0.05, 0.1) is 15.6 Å². The summed E-state index contributed by atoms with van der Waals surface area (Å²) in [5.41, 5.74) is 3.07. The Morgan fingerprint density at radius 1 is 1.03 bits per heavy atom. The highest BCUT2D eigenvalue weighted by Gasteiger charge is 2.34. The number of carbonyl (C=O) groups excluding carboxylic acids is 1. The van der Waals surface area contributed by atoms with Crippen LogP contribution in [0.4, 0.5) is 5.69 Å². The van der Waals surface area contributed by atoms with Gasteiger partial charge in [0.15, 0.2) is 5.84 Å². The second-order valence-electron chi connectivity index (χ2n) is 6.97. The second kappa shape index (κ2) is 7.52. The van der Waals surface area contributed by atoms with E-state index in [9.17, 15) is 4.79 Å². The van der Waals surface area contributed by atoms with Gasteiger partial charge in [0, 0.05) is 22.5 Å². The number of anilines is 1. The monoisotopic (exact) mass is 429 g/mol. The maximum Gasteiger partial charge on any atom is 0.282 e. The van der Waals surface area contributed by atoms with Crippen LogP contribution in [0.1, 0.15) is 16.0 Å². The molecule has 0 atom stereocenters. The number of hydrogen-bond acceptors (Lipinski definition) is 4. The smallest absolute Gasteiger partial charge is 0.266 e. The summed E-state index contributed by atoms with van der Waals surface area (Å²) in [6, 6.07) is 19.5. The molecular weight excluding hydrogens is 414 g/mol. The van der Waals surface area contributed by atoms with E-state index in [4.69, 9.17) is 16.6 Å². The summed E-state index contributed by atoms with van der Waals surface area (Å²) in [7, 11) is 0. The molecule has 0 saturated carbocycles. The molecule has 2 aromatic carbocycles. The lowest BCUT2D eigenvalue weighted by molar-refractivity contribution is -0.113. The largest absolute Gasteiger partial charge is 0.282 e. The summed E-state index contributed by atoms with van der Waals surface area (Å²) < 4.78 is 1.06. The van der Waals surface area contributed by atoms with Crippen molar-refractivity contribution < 1.29 is 4.79 Å². The number of halogens is 1. The Morgan fingerprint density at radius 2 is 1.83 bits per heavy atom. The molecule has 0 fully saturated rings. The van der Waals surface area contributed by atoms with Gasteiger partial charge >= 0.3 is 0 Å². The molecule has 4 aromatic rings. The average molecular weight is 430 g/mol. The third-order valence-corrected chi connectivity index (χ3v) is 6.54. The van der Waals surface area contributed by atoms with Crippen molar-refractivity contribution in [3.63, 3.8) is 0 Å². The number of amides is 1. The van der Waals surface area contributed by atoms with Crippen LogP contribution < -0.4 is 4.90 Å². The number of aromatic nitrogens is 1. The minimum Gasteiger partial charge on any atom is -0.266 e. The number of aryl methyl sites for hydroxylation is 1. The van der Waals surface area contributed by atoms with Gasteiger partial charge in [-0.15, -0.1) is 11.3 Å². The van der Waals surface area contributed by atoms with Gasteiger partial charge in [0.25, 0.3) is 5.91 Å². The Labute approximate surface area is 182 Å². The summed E-state index contributed by atoms with van der Waals surface area (Å²) in [5, 5.41) is 1.58. The number of rotatable bonds is 3. The summed E-state index contributed by atoms with van der Waals surface area (Å²) in [6.45, 7) is 2.00. The summed E-state index contributed by atoms with van der Waals surface area (Å²) in [5.74, 6) is 0.373. The predicted molar refractivity (Wildman–Crippen MR) is 124 cm³/mol. The van der Waals surface area contributed by atoms with E-state index in [1.54, 1.807) is 34.7 Å². The third kappa shape index (κ3) is 3.22. The molecule has 3 heterocycles. The Hall–Kier alpha value is -3.28. The molecule has 0 radical (unpaired) electrons. The maximum atomic E-state index is 13.4. The zero-order valence-corrected chi connectivity index (χ0v) is 17.6. The van der Waals surface area contributed by atoms with Gasteiger partial charge in [0.2, 0.25) is 0 Å². The van der Waals surface area contributed by atoms with Gasteiger partial charge in [-0.05, 0) is 54.5 Å². The fraction of sp³-hybridized carbons (Fsp3) is 0.0417. The predicted octanol–water partition coefficient (Wildman–Crippen LogP) is 6.09. The molecule has 0 spiro atoms. The Bertz CT molecular complexity index is 1340. The van der Waals surface area contributed by atoms with Crippen LogP contribution in [0.15, 0.2) is 83.7 Å². The number of thiophene rings is 1. The molecule has 6 heteroatoms. The molecule has 0 aliphatic carbocycles. The van der Waals surface area contributed by atoms with Crippen molar-refractivity contribution in [3.05, 3.63) is 99.8 Å². The number of fused-ring (bicyclic) bond motifs is 1. The molecule has 2 aromatic heterocycles. The van der Waals surface area contributed by atoms with Crippen molar-refractivity contribution in [2.24, 2.45) is 4.99 Å². The first-order valence-electron chi connectivity index (χ1n) is 9.41. The van der Waals surface area contributed by atoms with Crippen LogP contribution in [0.3, 0.4) is 0 Å². The summed E-state index contributed by atoms with van der Waals surface area (Å²) in [6.07, 6.45) is 5.16. The summed E-state index contributed by atoms with van der Waals surface area (Å²) >= 11 is 8.28. The number of pyridine rings is 1. The van der Waals surface area contributed by atoms with Gasteiger partial charge in [-0.1, -0.05) is 41.9 Å². The molecule has 1 aliphatic rings. The Balaban J connectivity index is 1.70. The van der Waals surface area contributed by atoms with Gasteiger partial charge in [-0.3, -0.25) is 14.7 Å². The van der Waals surface area contributed by atoms with Crippen molar-refractivity contribution in [2.75, 3.05) is 4.90 Å². The van der Waals surface area contributed by atoms with Gasteiger partial charge in [-0.2, -0.15) is 0 Å². The fourth-order valence-corrected chi connectivity index (χ4v) is 4.95. The zero-order valence-electron chi connectivity index (χ0n) is 16.0. The third-order valence-electron chi connectivity index (χ3n) is 4.87. The lowest BCUT2D eigenvalue weighted by atomic mass is 10.2. The van der Waals surface area contributed by atoms with E-state index in [1.165, 1.54) is 0 Å². The highest BCUT2D eigenvalue weighted by molar-refractivity contribution is 7.21. The van der Waals surface area contributed by atoms with E-state index >= 15 is 0 Å². The van der Waals surface area contributed by atoms with Gasteiger partial charge in [0.1, 0.15) is 5.70 Å². The minimum absolute atomic E-state index is 0.180. The number of benzene rings is 2. The van der Waals surface area contributed by atoms with Crippen LogP contribution in [-0.4, -0.2) is 16.7 Å². The Morgan fingerprint density at radius 3 is 2.60 bits per heavy atom. The normalized spacial score (nSPS) is 15.3. The fourth-order valence-electron chi connectivity index (χ4n) is 3.45. The van der Waals surface area contributed by atoms with E-state index in [0.29, 0.717) is 16.6 Å². The van der Waals surface area contributed by atoms with E-state index in [-0.39, 0.29) is 5.91 Å². The lowest BCUT2D eigenvalue weighted by Crippen LogP contribution is -2.32. The molecule has 30 heavy (non-hydrogen) atoms. The number of carbonyl (C=O) groups is 1. The molecule has 1 aliphatic heterocycles.